The number of hydrogen-bond acceptors (Lipinski definition) is 3. The van der Waals surface area contributed by atoms with Gasteiger partial charge in [0.2, 0.25) is 0 Å². The first kappa shape index (κ1) is 13.9. The van der Waals surface area contributed by atoms with E-state index in [9.17, 15) is 5.11 Å². The summed E-state index contributed by atoms with van der Waals surface area (Å²) in [6.45, 7) is 3.23. The Labute approximate surface area is 87.6 Å². The Balaban J connectivity index is 3.82. The molecule has 0 aliphatic heterocycles. The summed E-state index contributed by atoms with van der Waals surface area (Å²) >= 11 is 0. The van der Waals surface area contributed by atoms with E-state index in [1.165, 1.54) is 12.8 Å². The molecule has 0 amide bonds. The maximum Gasteiger partial charge on any atom is 0.0880 e. The van der Waals surface area contributed by atoms with Crippen molar-refractivity contribution >= 4 is 0 Å². The van der Waals surface area contributed by atoms with Crippen LogP contribution in [0.15, 0.2) is 0 Å². The van der Waals surface area contributed by atoms with Crippen LogP contribution >= 0.6 is 0 Å². The SMILES string of the molecule is CCCCCC(O)(CCCN)COC. The van der Waals surface area contributed by atoms with Crippen molar-refractivity contribution < 1.29 is 9.84 Å². The van der Waals surface area contributed by atoms with Gasteiger partial charge in [0.1, 0.15) is 0 Å². The molecule has 0 aliphatic rings. The molecule has 3 nitrogen and oxygen atoms in total. The molecule has 1 unspecified atom stereocenters. The molecule has 1 atom stereocenters. The summed E-state index contributed by atoms with van der Waals surface area (Å²) in [5.41, 5.74) is 4.79. The van der Waals surface area contributed by atoms with Crippen LogP contribution in [-0.2, 0) is 4.74 Å². The van der Waals surface area contributed by atoms with Crippen molar-refractivity contribution in [3.63, 3.8) is 0 Å². The zero-order valence-corrected chi connectivity index (χ0v) is 9.59. The van der Waals surface area contributed by atoms with E-state index in [4.69, 9.17) is 10.5 Å². The second-order valence-electron chi connectivity index (χ2n) is 4.01. The molecule has 3 heteroatoms. The average molecular weight is 203 g/mol. The Hall–Kier alpha value is -0.120. The highest BCUT2D eigenvalue weighted by molar-refractivity contribution is 4.78. The first-order valence-corrected chi connectivity index (χ1v) is 5.60. The summed E-state index contributed by atoms with van der Waals surface area (Å²) in [6, 6.07) is 0. The van der Waals surface area contributed by atoms with Crippen molar-refractivity contribution in [2.75, 3.05) is 20.3 Å². The van der Waals surface area contributed by atoms with Crippen molar-refractivity contribution in [1.82, 2.24) is 0 Å². The average Bonchev–Trinajstić information content (AvgIpc) is 2.16. The number of hydrogen-bond donors (Lipinski definition) is 2. The van der Waals surface area contributed by atoms with Gasteiger partial charge in [-0.2, -0.15) is 0 Å². The Morgan fingerprint density at radius 2 is 1.86 bits per heavy atom. The highest BCUT2D eigenvalue weighted by Gasteiger charge is 2.25. The highest BCUT2D eigenvalue weighted by Crippen LogP contribution is 2.21. The molecule has 0 saturated carbocycles. The fourth-order valence-corrected chi connectivity index (χ4v) is 1.67. The number of aliphatic hydroxyl groups is 1. The van der Waals surface area contributed by atoms with Crippen molar-refractivity contribution in [3.8, 4) is 0 Å². The monoisotopic (exact) mass is 203 g/mol. The minimum absolute atomic E-state index is 0.427. The fourth-order valence-electron chi connectivity index (χ4n) is 1.67. The van der Waals surface area contributed by atoms with Gasteiger partial charge in [0.25, 0.3) is 0 Å². The van der Waals surface area contributed by atoms with Gasteiger partial charge >= 0.3 is 0 Å². The molecule has 86 valence electrons. The second kappa shape index (κ2) is 8.21. The Bertz CT molecular complexity index is 130. The summed E-state index contributed by atoms with van der Waals surface area (Å²) in [4.78, 5) is 0. The molecule has 0 fully saturated rings. The number of methoxy groups -OCH3 is 1. The standard InChI is InChI=1S/C11H25NO2/c1-3-4-5-7-11(13,10-14-2)8-6-9-12/h13H,3-10,12H2,1-2H3. The molecule has 0 rings (SSSR count). The lowest BCUT2D eigenvalue weighted by molar-refractivity contribution is -0.0453. The molecule has 0 heterocycles. The summed E-state index contributed by atoms with van der Waals surface area (Å²) in [5.74, 6) is 0. The lowest BCUT2D eigenvalue weighted by atomic mass is 9.92. The van der Waals surface area contributed by atoms with Crippen LogP contribution in [0.4, 0.5) is 0 Å². The van der Waals surface area contributed by atoms with E-state index in [1.807, 2.05) is 0 Å². The van der Waals surface area contributed by atoms with Gasteiger partial charge in [-0.1, -0.05) is 26.2 Å². The van der Waals surface area contributed by atoms with E-state index in [2.05, 4.69) is 6.92 Å². The van der Waals surface area contributed by atoms with Crippen LogP contribution in [0.25, 0.3) is 0 Å². The molecular formula is C11H25NO2. The molecule has 0 aromatic heterocycles. The molecule has 3 N–H and O–H groups in total. The lowest BCUT2D eigenvalue weighted by Crippen LogP contribution is -2.34. The van der Waals surface area contributed by atoms with Crippen molar-refractivity contribution in [2.45, 2.75) is 51.0 Å². The van der Waals surface area contributed by atoms with Gasteiger partial charge in [-0.25, -0.2) is 0 Å². The van der Waals surface area contributed by atoms with Crippen LogP contribution in [0.1, 0.15) is 45.4 Å². The third-order valence-electron chi connectivity index (χ3n) is 2.50. The van der Waals surface area contributed by atoms with Crippen molar-refractivity contribution in [3.05, 3.63) is 0 Å². The zero-order chi connectivity index (χ0) is 10.9. The van der Waals surface area contributed by atoms with E-state index in [0.29, 0.717) is 13.2 Å². The maximum atomic E-state index is 10.2. The summed E-state index contributed by atoms with van der Waals surface area (Å²) in [5, 5.41) is 10.2. The van der Waals surface area contributed by atoms with Gasteiger partial charge in [-0.3, -0.25) is 0 Å². The zero-order valence-electron chi connectivity index (χ0n) is 9.59. The highest BCUT2D eigenvalue weighted by atomic mass is 16.5. The third-order valence-corrected chi connectivity index (χ3v) is 2.50. The summed E-state index contributed by atoms with van der Waals surface area (Å²) < 4.78 is 5.04. The van der Waals surface area contributed by atoms with Crippen molar-refractivity contribution in [2.24, 2.45) is 5.73 Å². The van der Waals surface area contributed by atoms with E-state index >= 15 is 0 Å². The van der Waals surface area contributed by atoms with Gasteiger partial charge in [0.05, 0.1) is 12.2 Å². The number of rotatable bonds is 9. The molecular weight excluding hydrogens is 178 g/mol. The first-order chi connectivity index (χ1) is 6.68. The number of unbranched alkanes of at least 4 members (excludes halogenated alkanes) is 2. The largest absolute Gasteiger partial charge is 0.387 e. The summed E-state index contributed by atoms with van der Waals surface area (Å²) in [7, 11) is 1.63. The van der Waals surface area contributed by atoms with Crippen LogP contribution in [0, 0.1) is 0 Å². The van der Waals surface area contributed by atoms with Gasteiger partial charge in [-0.15, -0.1) is 0 Å². The topological polar surface area (TPSA) is 55.5 Å². The lowest BCUT2D eigenvalue weighted by Gasteiger charge is -2.27. The molecule has 0 aromatic carbocycles. The van der Waals surface area contributed by atoms with Crippen LogP contribution < -0.4 is 5.73 Å². The molecule has 0 radical (unpaired) electrons. The minimum Gasteiger partial charge on any atom is -0.387 e. The second-order valence-corrected chi connectivity index (χ2v) is 4.01. The van der Waals surface area contributed by atoms with Gasteiger partial charge in [0.15, 0.2) is 0 Å². The molecule has 0 aromatic rings. The van der Waals surface area contributed by atoms with E-state index in [-0.39, 0.29) is 0 Å². The first-order valence-electron chi connectivity index (χ1n) is 5.60. The quantitative estimate of drug-likeness (QED) is 0.561. The number of nitrogens with two attached hydrogens (primary N) is 1. The van der Waals surface area contributed by atoms with Gasteiger partial charge in [0, 0.05) is 7.11 Å². The molecule has 0 saturated heterocycles. The minimum atomic E-state index is -0.650. The number of ether oxygens (including phenoxy) is 1. The molecule has 0 bridgehead atoms. The van der Waals surface area contributed by atoms with Crippen LogP contribution in [0.3, 0.4) is 0 Å². The Kier molecular flexibility index (Phi) is 8.14. The third kappa shape index (κ3) is 6.35. The van der Waals surface area contributed by atoms with Crippen molar-refractivity contribution in [1.29, 1.82) is 0 Å². The van der Waals surface area contributed by atoms with Gasteiger partial charge in [-0.05, 0) is 25.8 Å². The van der Waals surface area contributed by atoms with Gasteiger partial charge < -0.3 is 15.6 Å². The van der Waals surface area contributed by atoms with E-state index in [1.54, 1.807) is 7.11 Å². The summed E-state index contributed by atoms with van der Waals surface area (Å²) in [6.07, 6.45) is 5.87. The normalized spacial score (nSPS) is 15.4. The molecule has 14 heavy (non-hydrogen) atoms. The Morgan fingerprint density at radius 3 is 2.36 bits per heavy atom. The smallest absolute Gasteiger partial charge is 0.0880 e. The maximum absolute atomic E-state index is 10.2. The Morgan fingerprint density at radius 1 is 1.21 bits per heavy atom. The van der Waals surface area contributed by atoms with Crippen LogP contribution in [0.5, 0.6) is 0 Å². The molecule has 0 spiro atoms. The van der Waals surface area contributed by atoms with Crippen LogP contribution in [-0.4, -0.2) is 31.0 Å². The van der Waals surface area contributed by atoms with E-state index in [0.717, 1.165) is 25.7 Å². The predicted molar refractivity (Wildman–Crippen MR) is 59.3 cm³/mol. The fraction of sp³-hybridized carbons (Fsp3) is 1.00. The molecule has 0 aliphatic carbocycles. The van der Waals surface area contributed by atoms with E-state index < -0.39 is 5.60 Å². The van der Waals surface area contributed by atoms with Crippen LogP contribution in [0.2, 0.25) is 0 Å². The predicted octanol–water partition coefficient (Wildman–Crippen LogP) is 1.68.